The van der Waals surface area contributed by atoms with Gasteiger partial charge < -0.3 is 20.6 Å². The van der Waals surface area contributed by atoms with Crippen molar-refractivity contribution >= 4 is 33.1 Å². The summed E-state index contributed by atoms with van der Waals surface area (Å²) >= 11 is 1.41. The van der Waals surface area contributed by atoms with Crippen molar-refractivity contribution in [2.24, 2.45) is 0 Å². The zero-order valence-corrected chi connectivity index (χ0v) is 21.5. The number of pyridine rings is 1. The Morgan fingerprint density at radius 1 is 1.14 bits per heavy atom. The van der Waals surface area contributed by atoms with Crippen LogP contribution in [0.2, 0.25) is 0 Å². The molecule has 0 spiro atoms. The molecule has 0 radical (unpaired) electrons. The highest BCUT2D eigenvalue weighted by molar-refractivity contribution is 7.22. The Bertz CT molecular complexity index is 1290. The molecule has 1 aliphatic rings. The van der Waals surface area contributed by atoms with Crippen molar-refractivity contribution < 1.29 is 9.90 Å². The van der Waals surface area contributed by atoms with Crippen LogP contribution in [0, 0.1) is 0 Å². The SMILES string of the molecule is CCNC.CN1CCC(O)(c2ncc(-c3cc(-c4ccccn4)c4sc(NC=O)nc4c3)cn2)CC1. The first kappa shape index (κ1) is 25.8. The van der Waals surface area contributed by atoms with Crippen LogP contribution in [0.25, 0.3) is 32.6 Å². The van der Waals surface area contributed by atoms with E-state index in [9.17, 15) is 9.90 Å². The van der Waals surface area contributed by atoms with Crippen molar-refractivity contribution in [1.82, 2.24) is 30.2 Å². The van der Waals surface area contributed by atoms with E-state index in [1.54, 1.807) is 18.6 Å². The summed E-state index contributed by atoms with van der Waals surface area (Å²) in [7, 11) is 3.98. The van der Waals surface area contributed by atoms with E-state index in [2.05, 4.69) is 42.4 Å². The lowest BCUT2D eigenvalue weighted by Crippen LogP contribution is -2.41. The minimum Gasteiger partial charge on any atom is -0.382 e. The molecule has 1 aliphatic heterocycles. The first-order valence-electron chi connectivity index (χ1n) is 11.9. The average molecular weight is 506 g/mol. The van der Waals surface area contributed by atoms with Gasteiger partial charge in [-0.1, -0.05) is 24.3 Å². The van der Waals surface area contributed by atoms with Crippen LogP contribution >= 0.6 is 11.3 Å². The van der Waals surface area contributed by atoms with Crippen LogP contribution in [0.1, 0.15) is 25.6 Å². The second-order valence-corrected chi connectivity index (χ2v) is 9.70. The Labute approximate surface area is 214 Å². The Hall–Kier alpha value is -3.31. The molecule has 0 atom stereocenters. The third kappa shape index (κ3) is 5.73. The number of amides is 1. The normalized spacial score (nSPS) is 15.2. The quantitative estimate of drug-likeness (QED) is 0.341. The molecule has 0 saturated carbocycles. The van der Waals surface area contributed by atoms with Gasteiger partial charge in [0.2, 0.25) is 6.41 Å². The molecule has 5 rings (SSSR count). The zero-order valence-electron chi connectivity index (χ0n) is 20.7. The van der Waals surface area contributed by atoms with Gasteiger partial charge in [-0.2, -0.15) is 0 Å². The number of benzene rings is 1. The smallest absolute Gasteiger partial charge is 0.213 e. The molecule has 0 bridgehead atoms. The van der Waals surface area contributed by atoms with Crippen LogP contribution in [0.3, 0.4) is 0 Å². The summed E-state index contributed by atoms with van der Waals surface area (Å²) in [5.74, 6) is 0.464. The molecule has 1 amide bonds. The van der Waals surface area contributed by atoms with Gasteiger partial charge in [0.05, 0.1) is 15.9 Å². The lowest BCUT2D eigenvalue weighted by molar-refractivity contribution is -0.105. The molecule has 0 aliphatic carbocycles. The summed E-state index contributed by atoms with van der Waals surface area (Å²) in [5.41, 5.74) is 3.23. The highest BCUT2D eigenvalue weighted by Gasteiger charge is 2.35. The van der Waals surface area contributed by atoms with E-state index in [4.69, 9.17) is 0 Å². The van der Waals surface area contributed by atoms with Crippen molar-refractivity contribution in [3.63, 3.8) is 0 Å². The second kappa shape index (κ2) is 11.6. The van der Waals surface area contributed by atoms with E-state index in [1.165, 1.54) is 11.3 Å². The number of carbonyl (C=O) groups excluding carboxylic acids is 1. The number of aromatic nitrogens is 4. The van der Waals surface area contributed by atoms with E-state index in [0.29, 0.717) is 30.2 Å². The molecule has 0 unspecified atom stereocenters. The first-order chi connectivity index (χ1) is 17.5. The average Bonchev–Trinajstić information content (AvgIpc) is 3.33. The van der Waals surface area contributed by atoms with E-state index in [-0.39, 0.29) is 0 Å². The minimum atomic E-state index is -0.988. The number of aliphatic hydroxyl groups is 1. The van der Waals surface area contributed by atoms with Crippen molar-refractivity contribution in [3.05, 3.63) is 54.7 Å². The highest BCUT2D eigenvalue weighted by Crippen LogP contribution is 2.38. The molecule has 36 heavy (non-hydrogen) atoms. The van der Waals surface area contributed by atoms with Gasteiger partial charge in [-0.25, -0.2) is 15.0 Å². The lowest BCUT2D eigenvalue weighted by atomic mass is 9.90. The fourth-order valence-electron chi connectivity index (χ4n) is 3.95. The number of piperidine rings is 1. The van der Waals surface area contributed by atoms with Gasteiger partial charge >= 0.3 is 0 Å². The standard InChI is InChI=1S/C23H22N6O2S.C3H9N/c1-29-8-5-23(31,6-9-29)21-25-12-16(13-26-21)15-10-17(18-4-2-3-7-24-18)20-19(11-15)28-22(32-20)27-14-30;1-3-4-2/h2-4,7,10-14,31H,5-6,8-9H2,1H3,(H,27,28,30);4H,3H2,1-2H3. The van der Waals surface area contributed by atoms with Crippen LogP contribution in [-0.4, -0.2) is 70.1 Å². The minimum absolute atomic E-state index is 0.464. The van der Waals surface area contributed by atoms with E-state index >= 15 is 0 Å². The van der Waals surface area contributed by atoms with Gasteiger partial charge in [-0.3, -0.25) is 9.78 Å². The molecule has 188 valence electrons. The van der Waals surface area contributed by atoms with E-state index in [0.717, 1.165) is 52.2 Å². The number of thiazole rings is 1. The number of rotatable bonds is 6. The van der Waals surface area contributed by atoms with E-state index < -0.39 is 5.60 Å². The number of likely N-dealkylation sites (tertiary alicyclic amines) is 1. The molecule has 3 N–H and O–H groups in total. The maximum absolute atomic E-state index is 11.0. The van der Waals surface area contributed by atoms with Crippen LogP contribution in [0.15, 0.2) is 48.9 Å². The zero-order chi connectivity index (χ0) is 25.5. The lowest BCUT2D eigenvalue weighted by Gasteiger charge is -2.35. The topological polar surface area (TPSA) is 116 Å². The number of hydrogen-bond donors (Lipinski definition) is 3. The third-order valence-electron chi connectivity index (χ3n) is 6.18. The van der Waals surface area contributed by atoms with E-state index in [1.807, 2.05) is 44.4 Å². The van der Waals surface area contributed by atoms with Crippen LogP contribution in [0.4, 0.5) is 5.13 Å². The predicted octanol–water partition coefficient (Wildman–Crippen LogP) is 3.52. The molecule has 9 nitrogen and oxygen atoms in total. The molecule has 1 saturated heterocycles. The summed E-state index contributed by atoms with van der Waals surface area (Å²) in [6, 6.07) is 9.75. The molecule has 10 heteroatoms. The second-order valence-electron chi connectivity index (χ2n) is 8.71. The van der Waals surface area contributed by atoms with Crippen LogP contribution in [-0.2, 0) is 10.4 Å². The van der Waals surface area contributed by atoms with Crippen LogP contribution in [0.5, 0.6) is 0 Å². The maximum atomic E-state index is 11.0. The molecule has 4 aromatic rings. The summed E-state index contributed by atoms with van der Waals surface area (Å²) in [6.45, 7) is 4.76. The number of nitrogens with zero attached hydrogens (tertiary/aromatic N) is 5. The monoisotopic (exact) mass is 505 g/mol. The molecule has 1 fully saturated rings. The largest absolute Gasteiger partial charge is 0.382 e. The number of hydrogen-bond acceptors (Lipinski definition) is 9. The molecule has 3 aromatic heterocycles. The predicted molar refractivity (Wildman–Crippen MR) is 144 cm³/mol. The Balaban J connectivity index is 0.000000709. The maximum Gasteiger partial charge on any atom is 0.213 e. The highest BCUT2D eigenvalue weighted by atomic mass is 32.1. The Kier molecular flexibility index (Phi) is 8.32. The fraction of sp³-hybridized carbons (Fsp3) is 0.346. The molecule has 4 heterocycles. The first-order valence-corrected chi connectivity index (χ1v) is 12.7. The summed E-state index contributed by atoms with van der Waals surface area (Å²) in [5, 5.41) is 17.1. The fourth-order valence-corrected chi connectivity index (χ4v) is 4.88. The number of nitrogens with one attached hydrogen (secondary N) is 2. The number of fused-ring (bicyclic) bond motifs is 1. The van der Waals surface area contributed by atoms with Crippen molar-refractivity contribution in [2.75, 3.05) is 39.0 Å². The van der Waals surface area contributed by atoms with Gasteiger partial charge in [0.1, 0.15) is 5.60 Å². The molecular weight excluding hydrogens is 474 g/mol. The van der Waals surface area contributed by atoms with Gasteiger partial charge in [0.15, 0.2) is 11.0 Å². The summed E-state index contributed by atoms with van der Waals surface area (Å²) in [4.78, 5) is 31.2. The van der Waals surface area contributed by atoms with Crippen molar-refractivity contribution in [1.29, 1.82) is 0 Å². The Morgan fingerprint density at radius 3 is 2.47 bits per heavy atom. The van der Waals surface area contributed by atoms with Crippen molar-refractivity contribution in [2.45, 2.75) is 25.4 Å². The number of carbonyl (C=O) groups is 1. The number of anilines is 1. The molecule has 1 aromatic carbocycles. The summed E-state index contributed by atoms with van der Waals surface area (Å²) in [6.07, 6.45) is 7.10. The van der Waals surface area contributed by atoms with Gasteiger partial charge in [0, 0.05) is 42.8 Å². The van der Waals surface area contributed by atoms with Gasteiger partial charge in [-0.05, 0) is 63.3 Å². The molecular formula is C26H31N7O2S. The van der Waals surface area contributed by atoms with Gasteiger partial charge in [-0.15, -0.1) is 0 Å². The third-order valence-corrected chi connectivity index (χ3v) is 7.22. The van der Waals surface area contributed by atoms with Crippen molar-refractivity contribution in [3.8, 4) is 22.4 Å². The van der Waals surface area contributed by atoms with Crippen LogP contribution < -0.4 is 10.6 Å². The summed E-state index contributed by atoms with van der Waals surface area (Å²) < 4.78 is 0.940. The van der Waals surface area contributed by atoms with Gasteiger partial charge in [0.25, 0.3) is 0 Å². The Morgan fingerprint density at radius 2 is 1.86 bits per heavy atom.